The van der Waals surface area contributed by atoms with Crippen LogP contribution in [0.3, 0.4) is 0 Å². The highest BCUT2D eigenvalue weighted by Crippen LogP contribution is 2.17. The van der Waals surface area contributed by atoms with Gasteiger partial charge in [0.15, 0.2) is 5.76 Å². The Morgan fingerprint density at radius 3 is 2.81 bits per heavy atom. The first-order valence-corrected chi connectivity index (χ1v) is 8.14. The largest absolute Gasteiger partial charge is 0.461 e. The van der Waals surface area contributed by atoms with Crippen molar-refractivity contribution in [3.05, 3.63) is 54.1 Å². The molecule has 8 heteroatoms. The van der Waals surface area contributed by atoms with Crippen LogP contribution in [0.2, 0.25) is 0 Å². The van der Waals surface area contributed by atoms with Crippen molar-refractivity contribution in [3.63, 3.8) is 0 Å². The minimum Gasteiger partial charge on any atom is -0.461 e. The number of nitrogens with one attached hydrogen (secondary N) is 2. The SMILES string of the molecule is C#CCNC(=O)c1ccccc1NC(=O)CCc1nc(-c2ccco2)no1. The third-order valence-electron chi connectivity index (χ3n) is 3.57. The molecule has 2 amide bonds. The van der Waals surface area contributed by atoms with E-state index >= 15 is 0 Å². The Morgan fingerprint density at radius 1 is 1.19 bits per heavy atom. The molecule has 0 saturated heterocycles. The molecule has 2 heterocycles. The Hall–Kier alpha value is -3.86. The number of terminal acetylenes is 1. The number of hydrogen-bond acceptors (Lipinski definition) is 6. The van der Waals surface area contributed by atoms with Crippen LogP contribution in [0.25, 0.3) is 11.6 Å². The second-order valence-corrected chi connectivity index (χ2v) is 5.47. The van der Waals surface area contributed by atoms with Crippen LogP contribution in [0.1, 0.15) is 22.7 Å². The minimum absolute atomic E-state index is 0.107. The van der Waals surface area contributed by atoms with Crippen molar-refractivity contribution >= 4 is 17.5 Å². The molecule has 3 rings (SSSR count). The molecule has 0 atom stereocenters. The van der Waals surface area contributed by atoms with Crippen LogP contribution in [-0.4, -0.2) is 28.5 Å². The fraction of sp³-hybridized carbons (Fsp3) is 0.158. The molecule has 2 aromatic heterocycles. The Morgan fingerprint density at radius 2 is 2.04 bits per heavy atom. The maximum absolute atomic E-state index is 12.2. The van der Waals surface area contributed by atoms with Gasteiger partial charge in [0.2, 0.25) is 17.6 Å². The number of furan rings is 1. The fourth-order valence-electron chi connectivity index (χ4n) is 2.31. The van der Waals surface area contributed by atoms with E-state index in [1.165, 1.54) is 6.26 Å². The molecule has 2 N–H and O–H groups in total. The molecule has 0 saturated carbocycles. The molecule has 0 aliphatic heterocycles. The predicted molar refractivity (Wildman–Crippen MR) is 96.6 cm³/mol. The van der Waals surface area contributed by atoms with Gasteiger partial charge in [-0.15, -0.1) is 6.42 Å². The molecule has 0 fully saturated rings. The number of rotatable bonds is 7. The Bertz CT molecular complexity index is 970. The van der Waals surface area contributed by atoms with Gasteiger partial charge in [-0.05, 0) is 24.3 Å². The van der Waals surface area contributed by atoms with E-state index in [9.17, 15) is 9.59 Å². The van der Waals surface area contributed by atoms with Crippen molar-refractivity contribution < 1.29 is 18.5 Å². The summed E-state index contributed by atoms with van der Waals surface area (Å²) in [5.41, 5.74) is 0.734. The van der Waals surface area contributed by atoms with Crippen LogP contribution in [0.15, 0.2) is 51.6 Å². The number of anilines is 1. The molecule has 0 radical (unpaired) electrons. The number of aryl methyl sites for hydroxylation is 1. The zero-order valence-corrected chi connectivity index (χ0v) is 14.3. The quantitative estimate of drug-likeness (QED) is 0.622. The summed E-state index contributed by atoms with van der Waals surface area (Å²) in [6.07, 6.45) is 7.02. The molecular formula is C19H16N4O4. The van der Waals surface area contributed by atoms with E-state index < -0.39 is 0 Å². The smallest absolute Gasteiger partial charge is 0.254 e. The summed E-state index contributed by atoms with van der Waals surface area (Å²) in [4.78, 5) is 28.5. The van der Waals surface area contributed by atoms with Crippen LogP contribution in [0.4, 0.5) is 5.69 Å². The number of carbonyl (C=O) groups excluding carboxylic acids is 2. The molecule has 0 spiro atoms. The Kier molecular flexibility index (Phi) is 5.64. The van der Waals surface area contributed by atoms with Crippen molar-refractivity contribution in [1.82, 2.24) is 15.5 Å². The van der Waals surface area contributed by atoms with Gasteiger partial charge in [-0.1, -0.05) is 23.2 Å². The normalized spacial score (nSPS) is 10.2. The third kappa shape index (κ3) is 4.61. The molecule has 0 aliphatic carbocycles. The summed E-state index contributed by atoms with van der Waals surface area (Å²) in [5, 5.41) is 9.09. The first-order valence-electron chi connectivity index (χ1n) is 8.14. The monoisotopic (exact) mass is 364 g/mol. The van der Waals surface area contributed by atoms with Gasteiger partial charge < -0.3 is 19.6 Å². The lowest BCUT2D eigenvalue weighted by Gasteiger charge is -2.10. The summed E-state index contributed by atoms with van der Waals surface area (Å²) in [6, 6.07) is 10.1. The molecule has 0 bridgehead atoms. The standard InChI is InChI=1S/C19H16N4O4/c1-2-11-20-19(25)13-6-3-4-7-14(13)21-16(24)9-10-17-22-18(23-27-17)15-8-5-12-26-15/h1,3-8,12H,9-11H2,(H,20,25)(H,21,24). The molecule has 8 nitrogen and oxygen atoms in total. The van der Waals surface area contributed by atoms with Gasteiger partial charge >= 0.3 is 0 Å². The molecule has 3 aromatic rings. The highest BCUT2D eigenvalue weighted by atomic mass is 16.5. The van der Waals surface area contributed by atoms with Crippen molar-refractivity contribution in [2.75, 3.05) is 11.9 Å². The average Bonchev–Trinajstić information content (AvgIpc) is 3.36. The van der Waals surface area contributed by atoms with Crippen LogP contribution >= 0.6 is 0 Å². The summed E-state index contributed by atoms with van der Waals surface area (Å²) >= 11 is 0. The topological polar surface area (TPSA) is 110 Å². The van der Waals surface area contributed by atoms with E-state index in [-0.39, 0.29) is 31.2 Å². The van der Waals surface area contributed by atoms with Gasteiger partial charge in [0, 0.05) is 12.8 Å². The van der Waals surface area contributed by atoms with Crippen molar-refractivity contribution in [3.8, 4) is 23.9 Å². The zero-order valence-electron chi connectivity index (χ0n) is 14.3. The zero-order chi connectivity index (χ0) is 19.1. The number of hydrogen-bond donors (Lipinski definition) is 2. The Labute approximate surface area is 155 Å². The van der Waals surface area contributed by atoms with Gasteiger partial charge in [-0.2, -0.15) is 4.98 Å². The van der Waals surface area contributed by atoms with Crippen LogP contribution < -0.4 is 10.6 Å². The number of para-hydroxylation sites is 1. The second-order valence-electron chi connectivity index (χ2n) is 5.47. The molecule has 0 aliphatic rings. The van der Waals surface area contributed by atoms with Gasteiger partial charge in [0.25, 0.3) is 5.91 Å². The van der Waals surface area contributed by atoms with E-state index in [2.05, 4.69) is 26.7 Å². The average molecular weight is 364 g/mol. The van der Waals surface area contributed by atoms with Crippen molar-refractivity contribution in [2.45, 2.75) is 12.8 Å². The second kappa shape index (κ2) is 8.49. The van der Waals surface area contributed by atoms with Gasteiger partial charge in [-0.25, -0.2) is 0 Å². The van der Waals surface area contributed by atoms with E-state index in [1.807, 2.05) is 0 Å². The number of amides is 2. The summed E-state index contributed by atoms with van der Waals surface area (Å²) < 4.78 is 10.3. The summed E-state index contributed by atoms with van der Waals surface area (Å²) in [7, 11) is 0. The lowest BCUT2D eigenvalue weighted by Crippen LogP contribution is -2.25. The molecule has 27 heavy (non-hydrogen) atoms. The maximum atomic E-state index is 12.2. The fourth-order valence-corrected chi connectivity index (χ4v) is 2.31. The van der Waals surface area contributed by atoms with Gasteiger partial charge in [0.05, 0.1) is 24.1 Å². The highest BCUT2D eigenvalue weighted by Gasteiger charge is 2.15. The van der Waals surface area contributed by atoms with Crippen LogP contribution in [0.5, 0.6) is 0 Å². The van der Waals surface area contributed by atoms with E-state index in [0.29, 0.717) is 28.7 Å². The lowest BCUT2D eigenvalue weighted by atomic mass is 10.1. The highest BCUT2D eigenvalue weighted by molar-refractivity contribution is 6.03. The minimum atomic E-state index is -0.358. The van der Waals surface area contributed by atoms with Crippen LogP contribution in [-0.2, 0) is 11.2 Å². The number of benzene rings is 1. The van der Waals surface area contributed by atoms with E-state index in [4.69, 9.17) is 15.4 Å². The number of aromatic nitrogens is 2. The first-order chi connectivity index (χ1) is 13.2. The summed E-state index contributed by atoms with van der Waals surface area (Å²) in [5.74, 6) is 2.81. The first kappa shape index (κ1) is 17.9. The van der Waals surface area contributed by atoms with Gasteiger partial charge in [0.1, 0.15) is 0 Å². The molecular weight excluding hydrogens is 348 g/mol. The van der Waals surface area contributed by atoms with Gasteiger partial charge in [-0.3, -0.25) is 9.59 Å². The Balaban J connectivity index is 1.59. The van der Waals surface area contributed by atoms with Crippen LogP contribution in [0, 0.1) is 12.3 Å². The van der Waals surface area contributed by atoms with E-state index in [0.717, 1.165) is 0 Å². The van der Waals surface area contributed by atoms with Crippen molar-refractivity contribution in [2.24, 2.45) is 0 Å². The maximum Gasteiger partial charge on any atom is 0.254 e. The molecule has 136 valence electrons. The number of carbonyl (C=O) groups is 2. The van der Waals surface area contributed by atoms with Crippen molar-refractivity contribution in [1.29, 1.82) is 0 Å². The summed E-state index contributed by atoms with van der Waals surface area (Å²) in [6.45, 7) is 0.107. The predicted octanol–water partition coefficient (Wildman–Crippen LogP) is 2.26. The number of nitrogens with zero attached hydrogens (tertiary/aromatic N) is 2. The third-order valence-corrected chi connectivity index (χ3v) is 3.57. The van der Waals surface area contributed by atoms with E-state index in [1.54, 1.807) is 36.4 Å². The lowest BCUT2D eigenvalue weighted by molar-refractivity contribution is -0.116. The molecule has 0 unspecified atom stereocenters. The molecule has 1 aromatic carbocycles.